The minimum absolute atomic E-state index is 0.155. The normalized spacial score (nSPS) is 23.2. The van der Waals surface area contributed by atoms with Gasteiger partial charge in [-0.15, -0.1) is 6.58 Å². The summed E-state index contributed by atoms with van der Waals surface area (Å²) in [5, 5.41) is 8.58. The van der Waals surface area contributed by atoms with E-state index in [1.54, 1.807) is 4.90 Å². The molecule has 0 spiro atoms. The van der Waals surface area contributed by atoms with E-state index < -0.39 is 0 Å². The third kappa shape index (κ3) is 2.08. The van der Waals surface area contributed by atoms with Crippen LogP contribution in [0.1, 0.15) is 12.8 Å². The van der Waals surface area contributed by atoms with Gasteiger partial charge in [0.2, 0.25) is 5.91 Å². The van der Waals surface area contributed by atoms with Crippen LogP contribution in [0.5, 0.6) is 0 Å². The highest BCUT2D eigenvalue weighted by molar-refractivity contribution is 5.78. The SMILES string of the molecule is C=CC1CC(=O)N(CCCO)C1. The van der Waals surface area contributed by atoms with Gasteiger partial charge in [0.05, 0.1) is 0 Å². The predicted molar refractivity (Wildman–Crippen MR) is 46.6 cm³/mol. The zero-order valence-corrected chi connectivity index (χ0v) is 7.20. The Bertz CT molecular complexity index is 179. The van der Waals surface area contributed by atoms with E-state index >= 15 is 0 Å². The number of hydrogen-bond donors (Lipinski definition) is 1. The summed E-state index contributed by atoms with van der Waals surface area (Å²) >= 11 is 0. The molecule has 0 radical (unpaired) electrons. The average Bonchev–Trinajstić information content (AvgIpc) is 2.43. The summed E-state index contributed by atoms with van der Waals surface area (Å²) in [6.07, 6.45) is 3.10. The molecule has 1 aliphatic heterocycles. The van der Waals surface area contributed by atoms with Crippen LogP contribution in [0, 0.1) is 5.92 Å². The van der Waals surface area contributed by atoms with Gasteiger partial charge in [-0.2, -0.15) is 0 Å². The molecule has 0 bridgehead atoms. The lowest BCUT2D eigenvalue weighted by Gasteiger charge is -2.14. The molecule has 1 aliphatic rings. The van der Waals surface area contributed by atoms with E-state index in [1.807, 2.05) is 6.08 Å². The molecule has 3 nitrogen and oxygen atoms in total. The molecule has 1 unspecified atom stereocenters. The zero-order chi connectivity index (χ0) is 8.97. The van der Waals surface area contributed by atoms with Gasteiger partial charge < -0.3 is 10.0 Å². The largest absolute Gasteiger partial charge is 0.396 e. The third-order valence-corrected chi connectivity index (χ3v) is 2.16. The monoisotopic (exact) mass is 169 g/mol. The van der Waals surface area contributed by atoms with Crippen molar-refractivity contribution < 1.29 is 9.90 Å². The van der Waals surface area contributed by atoms with Crippen LogP contribution in [0.25, 0.3) is 0 Å². The quantitative estimate of drug-likeness (QED) is 0.619. The van der Waals surface area contributed by atoms with Crippen molar-refractivity contribution in [3.05, 3.63) is 12.7 Å². The molecular formula is C9H15NO2. The number of likely N-dealkylation sites (tertiary alicyclic amines) is 1. The van der Waals surface area contributed by atoms with E-state index in [2.05, 4.69) is 6.58 Å². The molecule has 3 heteroatoms. The first-order valence-electron chi connectivity index (χ1n) is 4.29. The minimum atomic E-state index is 0.155. The molecule has 1 heterocycles. The zero-order valence-electron chi connectivity index (χ0n) is 7.20. The number of hydrogen-bond acceptors (Lipinski definition) is 2. The molecule has 0 aromatic heterocycles. The summed E-state index contributed by atoms with van der Waals surface area (Å²) in [6, 6.07) is 0. The predicted octanol–water partition coefficient (Wildman–Crippen LogP) is 0.403. The van der Waals surface area contributed by atoms with Crippen LogP contribution < -0.4 is 0 Å². The highest BCUT2D eigenvalue weighted by Crippen LogP contribution is 2.18. The van der Waals surface area contributed by atoms with Crippen LogP contribution in [0.2, 0.25) is 0 Å². The standard InChI is InChI=1S/C9H15NO2/c1-2-8-6-9(12)10(7-8)4-3-5-11/h2,8,11H,1,3-7H2. The van der Waals surface area contributed by atoms with Crippen molar-refractivity contribution in [2.24, 2.45) is 5.92 Å². The first-order valence-corrected chi connectivity index (χ1v) is 4.29. The summed E-state index contributed by atoms with van der Waals surface area (Å²) in [7, 11) is 0. The Morgan fingerprint density at radius 3 is 3.00 bits per heavy atom. The topological polar surface area (TPSA) is 40.5 Å². The fourth-order valence-electron chi connectivity index (χ4n) is 1.44. The maximum Gasteiger partial charge on any atom is 0.223 e. The van der Waals surface area contributed by atoms with Crippen molar-refractivity contribution >= 4 is 5.91 Å². The maximum absolute atomic E-state index is 11.2. The van der Waals surface area contributed by atoms with Crippen molar-refractivity contribution in [3.63, 3.8) is 0 Å². The summed E-state index contributed by atoms with van der Waals surface area (Å²) in [5.74, 6) is 0.504. The Labute approximate surface area is 72.7 Å². The number of rotatable bonds is 4. The molecule has 0 aliphatic carbocycles. The number of aliphatic hydroxyl groups excluding tert-OH is 1. The Balaban J connectivity index is 2.35. The number of nitrogens with zero attached hydrogens (tertiary/aromatic N) is 1. The summed E-state index contributed by atoms with van der Waals surface area (Å²) in [5.41, 5.74) is 0. The first-order chi connectivity index (χ1) is 5.77. The van der Waals surface area contributed by atoms with Gasteiger partial charge in [-0.3, -0.25) is 4.79 Å². The fraction of sp³-hybridized carbons (Fsp3) is 0.667. The molecule has 1 rings (SSSR count). The van der Waals surface area contributed by atoms with Crippen LogP contribution in [0.15, 0.2) is 12.7 Å². The van der Waals surface area contributed by atoms with E-state index in [1.165, 1.54) is 0 Å². The average molecular weight is 169 g/mol. The molecule has 0 aromatic carbocycles. The van der Waals surface area contributed by atoms with E-state index in [0.717, 1.165) is 6.54 Å². The fourth-order valence-corrected chi connectivity index (χ4v) is 1.44. The van der Waals surface area contributed by atoms with Crippen LogP contribution in [-0.2, 0) is 4.79 Å². The van der Waals surface area contributed by atoms with Crippen molar-refractivity contribution in [2.75, 3.05) is 19.7 Å². The van der Waals surface area contributed by atoms with E-state index in [-0.39, 0.29) is 12.5 Å². The lowest BCUT2D eigenvalue weighted by atomic mass is 10.1. The second-order valence-corrected chi connectivity index (χ2v) is 3.12. The second kappa shape index (κ2) is 4.26. The molecule has 1 amide bonds. The number of amides is 1. The third-order valence-electron chi connectivity index (χ3n) is 2.16. The molecule has 1 saturated heterocycles. The Kier molecular flexibility index (Phi) is 3.29. The Hall–Kier alpha value is -0.830. The highest BCUT2D eigenvalue weighted by atomic mass is 16.3. The van der Waals surface area contributed by atoms with Gasteiger partial charge in [0.15, 0.2) is 0 Å². The molecule has 12 heavy (non-hydrogen) atoms. The second-order valence-electron chi connectivity index (χ2n) is 3.12. The molecule has 68 valence electrons. The molecule has 0 saturated carbocycles. The summed E-state index contributed by atoms with van der Waals surface area (Å²) in [6.45, 7) is 5.28. The molecule has 1 atom stereocenters. The Morgan fingerprint density at radius 1 is 1.75 bits per heavy atom. The minimum Gasteiger partial charge on any atom is -0.396 e. The van der Waals surface area contributed by atoms with E-state index in [4.69, 9.17) is 5.11 Å². The summed E-state index contributed by atoms with van der Waals surface area (Å²) in [4.78, 5) is 13.0. The number of aliphatic hydroxyl groups is 1. The van der Waals surface area contributed by atoms with Crippen molar-refractivity contribution in [1.82, 2.24) is 4.90 Å². The first kappa shape index (κ1) is 9.26. The van der Waals surface area contributed by atoms with Crippen LogP contribution >= 0.6 is 0 Å². The molecular weight excluding hydrogens is 154 g/mol. The molecule has 0 aromatic rings. The van der Waals surface area contributed by atoms with Gasteiger partial charge in [0, 0.05) is 32.0 Å². The maximum atomic E-state index is 11.2. The van der Waals surface area contributed by atoms with E-state index in [0.29, 0.717) is 25.3 Å². The Morgan fingerprint density at radius 2 is 2.50 bits per heavy atom. The van der Waals surface area contributed by atoms with Gasteiger partial charge in [0.1, 0.15) is 0 Å². The lowest BCUT2D eigenvalue weighted by molar-refractivity contribution is -0.127. The number of carbonyl (C=O) groups is 1. The van der Waals surface area contributed by atoms with E-state index in [9.17, 15) is 4.79 Å². The smallest absolute Gasteiger partial charge is 0.223 e. The van der Waals surface area contributed by atoms with Gasteiger partial charge in [-0.1, -0.05) is 6.08 Å². The molecule has 1 N–H and O–H groups in total. The van der Waals surface area contributed by atoms with Crippen molar-refractivity contribution in [1.29, 1.82) is 0 Å². The van der Waals surface area contributed by atoms with Gasteiger partial charge in [-0.25, -0.2) is 0 Å². The van der Waals surface area contributed by atoms with Gasteiger partial charge in [-0.05, 0) is 6.42 Å². The number of carbonyl (C=O) groups excluding carboxylic acids is 1. The van der Waals surface area contributed by atoms with Crippen LogP contribution in [-0.4, -0.2) is 35.6 Å². The van der Waals surface area contributed by atoms with Crippen molar-refractivity contribution in [3.8, 4) is 0 Å². The summed E-state index contributed by atoms with van der Waals surface area (Å²) < 4.78 is 0. The highest BCUT2D eigenvalue weighted by Gasteiger charge is 2.26. The molecule has 1 fully saturated rings. The van der Waals surface area contributed by atoms with Gasteiger partial charge in [0.25, 0.3) is 0 Å². The lowest BCUT2D eigenvalue weighted by Crippen LogP contribution is -2.26. The van der Waals surface area contributed by atoms with Crippen molar-refractivity contribution in [2.45, 2.75) is 12.8 Å². The van der Waals surface area contributed by atoms with Crippen LogP contribution in [0.3, 0.4) is 0 Å². The van der Waals surface area contributed by atoms with Gasteiger partial charge >= 0.3 is 0 Å². The van der Waals surface area contributed by atoms with Crippen LogP contribution in [0.4, 0.5) is 0 Å².